The molecule has 0 bridgehead atoms. The first-order valence-electron chi connectivity index (χ1n) is 17.1. The minimum absolute atomic E-state index is 0.0849. The van der Waals surface area contributed by atoms with E-state index in [9.17, 15) is 30.9 Å². The molecule has 9 rings (SSSR count). The molecule has 256 valence electrons. The normalized spacial score (nSPS) is 18.9. The van der Waals surface area contributed by atoms with Gasteiger partial charge in [0.25, 0.3) is 0 Å². The average Bonchev–Trinajstić information content (AvgIpc) is 3.98. The second-order valence-electron chi connectivity index (χ2n) is 14.6. The summed E-state index contributed by atoms with van der Waals surface area (Å²) in [6, 6.07) is 30.8. The van der Waals surface area contributed by atoms with Crippen LogP contribution in [0, 0.1) is 45.3 Å². The zero-order valence-electron chi connectivity index (χ0n) is 29.4. The quantitative estimate of drug-likeness (QED) is 0.178. The van der Waals surface area contributed by atoms with Gasteiger partial charge in [0.15, 0.2) is 0 Å². The van der Waals surface area contributed by atoms with Gasteiger partial charge in [0.05, 0.1) is 5.71 Å². The topological polar surface area (TPSA) is 157 Å². The third kappa shape index (κ3) is 4.37. The second-order valence-corrected chi connectivity index (χ2v) is 16.7. The van der Waals surface area contributed by atoms with E-state index in [1.54, 1.807) is 36.4 Å². The van der Waals surface area contributed by atoms with Crippen molar-refractivity contribution in [1.29, 1.82) is 21.0 Å². The fraction of sp³-hybridized carbons (Fsp3) is 0.159. The number of carbonyl (C=O) groups is 1. The van der Waals surface area contributed by atoms with Crippen LogP contribution in [0.25, 0.3) is 32.0 Å². The van der Waals surface area contributed by atoms with Crippen molar-refractivity contribution in [1.82, 2.24) is 0 Å². The largest absolute Gasteiger partial charge is 0.382 e. The molecule has 0 radical (unpaired) electrons. The molecule has 10 heteroatoms. The number of carbonyl (C=O) groups excluding carboxylic acids is 1. The molecule has 0 saturated heterocycles. The third-order valence-electron chi connectivity index (χ3n) is 11.1. The summed E-state index contributed by atoms with van der Waals surface area (Å²) < 4.78 is 0. The number of rotatable bonds is 2. The van der Waals surface area contributed by atoms with Crippen LogP contribution >= 0.6 is 22.7 Å². The number of benzene rings is 3. The van der Waals surface area contributed by atoms with Gasteiger partial charge < -0.3 is 5.11 Å². The minimum atomic E-state index is -1.06. The van der Waals surface area contributed by atoms with Gasteiger partial charge in [-0.1, -0.05) is 76.2 Å². The first kappa shape index (κ1) is 33.3. The third-order valence-corrected chi connectivity index (χ3v) is 13.2. The molecule has 5 aromatic rings. The number of aliphatic hydroxyl groups excluding tert-OH is 1. The smallest absolute Gasteiger partial charge is 0.212 e. The maximum absolute atomic E-state index is 13.6. The van der Waals surface area contributed by atoms with Crippen LogP contribution in [0.1, 0.15) is 83.1 Å². The van der Waals surface area contributed by atoms with E-state index >= 15 is 0 Å². The van der Waals surface area contributed by atoms with Gasteiger partial charge in [-0.05, 0) is 74.3 Å². The molecule has 0 saturated carbocycles. The van der Waals surface area contributed by atoms with Crippen LogP contribution in [-0.4, -0.2) is 22.3 Å². The Morgan fingerprint density at radius 1 is 0.630 bits per heavy atom. The first-order valence-corrected chi connectivity index (χ1v) is 18.7. The van der Waals surface area contributed by atoms with E-state index in [1.165, 1.54) is 33.8 Å². The first-order chi connectivity index (χ1) is 25.9. The molecule has 0 amide bonds. The zero-order chi connectivity index (χ0) is 37.8. The molecule has 1 atom stereocenters. The van der Waals surface area contributed by atoms with E-state index in [0.717, 1.165) is 32.0 Å². The fourth-order valence-electron chi connectivity index (χ4n) is 8.39. The van der Waals surface area contributed by atoms with Crippen molar-refractivity contribution in [3.63, 3.8) is 0 Å². The number of aliphatic imine (C=N–C) groups is 2. The van der Waals surface area contributed by atoms with E-state index in [2.05, 4.69) is 45.9 Å². The summed E-state index contributed by atoms with van der Waals surface area (Å²) in [6.07, 6.45) is -1.06. The number of thiophene rings is 2. The van der Waals surface area contributed by atoms with Gasteiger partial charge in [-0.15, -0.1) is 22.7 Å². The number of ketones is 1. The van der Waals surface area contributed by atoms with Crippen LogP contribution < -0.4 is 0 Å². The summed E-state index contributed by atoms with van der Waals surface area (Å²) in [6.45, 7) is 8.74. The van der Waals surface area contributed by atoms with E-state index in [-0.39, 0.29) is 33.6 Å². The Labute approximate surface area is 318 Å². The van der Waals surface area contributed by atoms with Crippen molar-refractivity contribution in [3.05, 3.63) is 128 Å². The molecule has 1 N–H and O–H groups in total. The summed E-state index contributed by atoms with van der Waals surface area (Å²) in [7, 11) is 0. The molecule has 8 nitrogen and oxygen atoms in total. The highest BCUT2D eigenvalue weighted by Gasteiger charge is 2.44. The lowest BCUT2D eigenvalue weighted by Crippen LogP contribution is -2.16. The number of nitriles is 4. The van der Waals surface area contributed by atoms with E-state index in [1.807, 2.05) is 42.5 Å². The number of hydrogen-bond acceptors (Lipinski definition) is 10. The van der Waals surface area contributed by atoms with E-state index in [0.29, 0.717) is 43.5 Å². The summed E-state index contributed by atoms with van der Waals surface area (Å²) >= 11 is 3.03. The number of fused-ring (bicyclic) bond motifs is 8. The molecule has 0 spiro atoms. The van der Waals surface area contributed by atoms with Crippen LogP contribution in [0.2, 0.25) is 0 Å². The van der Waals surface area contributed by atoms with Gasteiger partial charge in [0.2, 0.25) is 5.78 Å². The van der Waals surface area contributed by atoms with Gasteiger partial charge in [0.1, 0.15) is 57.2 Å². The Balaban J connectivity index is 1.14. The van der Waals surface area contributed by atoms with Gasteiger partial charge in [0, 0.05) is 37.3 Å². The van der Waals surface area contributed by atoms with Crippen molar-refractivity contribution in [3.8, 4) is 45.2 Å². The second kappa shape index (κ2) is 11.5. The molecule has 0 aliphatic heterocycles. The average molecular weight is 735 g/mol. The van der Waals surface area contributed by atoms with Crippen molar-refractivity contribution < 1.29 is 9.90 Å². The Hall–Kier alpha value is -6.53. The summed E-state index contributed by atoms with van der Waals surface area (Å²) in [4.78, 5) is 25.5. The van der Waals surface area contributed by atoms with Gasteiger partial charge in [-0.2, -0.15) is 21.0 Å². The minimum Gasteiger partial charge on any atom is -0.382 e. The molecule has 54 heavy (non-hydrogen) atoms. The summed E-state index contributed by atoms with van der Waals surface area (Å²) in [5.41, 5.74) is 9.09. The van der Waals surface area contributed by atoms with Crippen molar-refractivity contribution in [2.24, 2.45) is 9.98 Å². The highest BCUT2D eigenvalue weighted by atomic mass is 32.1. The maximum Gasteiger partial charge on any atom is 0.212 e. The van der Waals surface area contributed by atoms with Crippen molar-refractivity contribution in [2.45, 2.75) is 44.6 Å². The SMILES string of the molecule is CC1(C)c2cc3c(cc2-c2sc(/N=C4\C(=O)c5ccccc5C4=C(C#N)C#N)cc21)C(C)(C)c1cc(/N=C2/C(=C(C#N)C#N)c4ccccc4C2O)sc1-3. The molecule has 0 fully saturated rings. The predicted octanol–water partition coefficient (Wildman–Crippen LogP) is 9.81. The predicted molar refractivity (Wildman–Crippen MR) is 210 cm³/mol. The van der Waals surface area contributed by atoms with Crippen LogP contribution in [0.5, 0.6) is 0 Å². The van der Waals surface area contributed by atoms with Crippen molar-refractivity contribution >= 4 is 61.0 Å². The van der Waals surface area contributed by atoms with Crippen molar-refractivity contribution in [2.75, 3.05) is 0 Å². The summed E-state index contributed by atoms with van der Waals surface area (Å²) in [5.74, 6) is -0.304. The maximum atomic E-state index is 13.6. The van der Waals surface area contributed by atoms with E-state index < -0.39 is 11.5 Å². The highest BCUT2D eigenvalue weighted by Crippen LogP contribution is 2.61. The number of Topliss-reactive ketones (excluding diaryl/α,β-unsaturated/α-hetero) is 1. The number of allylic oxidation sites excluding steroid dienone is 3. The van der Waals surface area contributed by atoms with Gasteiger partial charge in [-0.25, -0.2) is 9.98 Å². The van der Waals surface area contributed by atoms with Crippen LogP contribution in [0.3, 0.4) is 0 Å². The molecule has 2 aromatic heterocycles. The highest BCUT2D eigenvalue weighted by molar-refractivity contribution is 7.20. The fourth-order valence-corrected chi connectivity index (χ4v) is 10.8. The molecule has 4 aliphatic rings. The number of aliphatic hydroxyl groups is 1. The lowest BCUT2D eigenvalue weighted by Gasteiger charge is -2.24. The standard InChI is InChI=1S/C44H26N6O2S2/c1-43(2)29-13-28-30(14-27(29)41-31(43)15-33(53-41)49-37-35(21(17-45)18-46)23-9-5-7-11-25(23)39(37)51)44(3,4)32-16-34(54-42(28)32)50-38-36(22(19-47)20-48)24-10-6-8-12-26(24)40(38)52/h5-16,39,51H,1-4H3/b49-37-,50-38-. The Bertz CT molecular complexity index is 2890. The van der Waals surface area contributed by atoms with Crippen LogP contribution in [-0.2, 0) is 10.8 Å². The number of nitrogens with zero attached hydrogens (tertiary/aromatic N) is 6. The molecular weight excluding hydrogens is 709 g/mol. The monoisotopic (exact) mass is 734 g/mol. The molecular formula is C44H26N6O2S2. The van der Waals surface area contributed by atoms with E-state index in [4.69, 9.17) is 9.98 Å². The molecule has 1 unspecified atom stereocenters. The zero-order valence-corrected chi connectivity index (χ0v) is 31.0. The lowest BCUT2D eigenvalue weighted by atomic mass is 9.79. The van der Waals surface area contributed by atoms with Crippen LogP contribution in [0.4, 0.5) is 10.0 Å². The lowest BCUT2D eigenvalue weighted by molar-refractivity contribution is 0.107. The Morgan fingerprint density at radius 2 is 1.11 bits per heavy atom. The number of hydrogen-bond donors (Lipinski definition) is 1. The van der Waals surface area contributed by atoms with Gasteiger partial charge in [-0.3, -0.25) is 4.79 Å². The molecule has 2 heterocycles. The van der Waals surface area contributed by atoms with Crippen LogP contribution in [0.15, 0.2) is 93.9 Å². The van der Waals surface area contributed by atoms with Gasteiger partial charge >= 0.3 is 0 Å². The molecule has 3 aromatic carbocycles. The summed E-state index contributed by atoms with van der Waals surface area (Å²) in [5, 5.41) is 51.8. The Kier molecular flexibility index (Phi) is 7.08. The molecule has 4 aliphatic carbocycles. The Morgan fingerprint density at radius 3 is 1.67 bits per heavy atom.